The first-order valence-corrected chi connectivity index (χ1v) is 7.13. The monoisotopic (exact) mass is 302 g/mol. The van der Waals surface area contributed by atoms with Gasteiger partial charge in [0.2, 0.25) is 0 Å². The van der Waals surface area contributed by atoms with Crippen LogP contribution in [0, 0.1) is 0 Å². The number of hydrogen-bond donors (Lipinski definition) is 2. The summed E-state index contributed by atoms with van der Waals surface area (Å²) in [6.07, 6.45) is 1.58. The number of H-pyrrole nitrogens is 1. The summed E-state index contributed by atoms with van der Waals surface area (Å²) in [6.45, 7) is 3.24. The Bertz CT molecular complexity index is 790. The number of aryl methyl sites for hydroxylation is 1. The Kier molecular flexibility index (Phi) is 3.66. The molecule has 0 unspecified atom stereocenters. The molecule has 0 fully saturated rings. The third-order valence-electron chi connectivity index (χ3n) is 3.35. The van der Waals surface area contributed by atoms with Crippen molar-refractivity contribution in [2.24, 2.45) is 0 Å². The number of imidazole rings is 1. The Hall–Kier alpha value is -2.27. The molecule has 0 aliphatic heterocycles. The van der Waals surface area contributed by atoms with Gasteiger partial charge in [0.15, 0.2) is 0 Å². The zero-order valence-corrected chi connectivity index (χ0v) is 12.3. The molecule has 3 aromatic rings. The highest BCUT2D eigenvalue weighted by Crippen LogP contribution is 2.16. The Morgan fingerprint density at radius 3 is 2.95 bits per heavy atom. The van der Waals surface area contributed by atoms with Gasteiger partial charge in [-0.3, -0.25) is 4.79 Å². The van der Waals surface area contributed by atoms with Crippen LogP contribution in [0.4, 0.5) is 0 Å². The van der Waals surface area contributed by atoms with E-state index in [9.17, 15) is 4.79 Å². The maximum absolute atomic E-state index is 12.0. The topological polar surface area (TPSA) is 62.7 Å². The minimum atomic E-state index is -0.198. The smallest absolute Gasteiger partial charge is 0.268 e. The molecule has 0 saturated carbocycles. The molecule has 0 aliphatic rings. The van der Waals surface area contributed by atoms with Crippen LogP contribution in [0.2, 0.25) is 5.02 Å². The van der Waals surface area contributed by atoms with E-state index in [0.717, 1.165) is 23.4 Å². The summed E-state index contributed by atoms with van der Waals surface area (Å²) >= 11 is 5.80. The van der Waals surface area contributed by atoms with Gasteiger partial charge in [0.25, 0.3) is 5.91 Å². The van der Waals surface area contributed by atoms with E-state index in [1.807, 2.05) is 24.3 Å². The predicted octanol–water partition coefficient (Wildman–Crippen LogP) is 2.97. The number of carbonyl (C=O) groups excluding carboxylic acids is 1. The fraction of sp³-hybridized carbons (Fsp3) is 0.200. The predicted molar refractivity (Wildman–Crippen MR) is 82.4 cm³/mol. The molecule has 3 rings (SSSR count). The quantitative estimate of drug-likeness (QED) is 0.778. The molecule has 108 valence electrons. The van der Waals surface area contributed by atoms with E-state index in [4.69, 9.17) is 11.6 Å². The number of carbonyl (C=O) groups is 1. The first-order chi connectivity index (χ1) is 10.2. The van der Waals surface area contributed by atoms with Crippen LogP contribution in [-0.4, -0.2) is 20.4 Å². The van der Waals surface area contributed by atoms with Gasteiger partial charge in [0, 0.05) is 12.7 Å². The Labute approximate surface area is 126 Å². The molecule has 0 bridgehead atoms. The number of amides is 1. The number of rotatable bonds is 4. The Balaban J connectivity index is 1.80. The van der Waals surface area contributed by atoms with Crippen molar-refractivity contribution in [3.05, 3.63) is 53.1 Å². The molecule has 21 heavy (non-hydrogen) atoms. The fourth-order valence-corrected chi connectivity index (χ4v) is 2.53. The van der Waals surface area contributed by atoms with Crippen LogP contribution in [0.3, 0.4) is 0 Å². The lowest BCUT2D eigenvalue weighted by Crippen LogP contribution is -2.24. The van der Waals surface area contributed by atoms with E-state index in [2.05, 4.69) is 26.8 Å². The molecule has 0 saturated heterocycles. The summed E-state index contributed by atoms with van der Waals surface area (Å²) < 4.78 is 2.09. The first kappa shape index (κ1) is 13.7. The maximum Gasteiger partial charge on any atom is 0.268 e. The number of fused-ring (bicyclic) bond motifs is 1. The Morgan fingerprint density at radius 2 is 2.24 bits per heavy atom. The molecule has 0 aliphatic carbocycles. The van der Waals surface area contributed by atoms with Crippen LogP contribution >= 0.6 is 11.6 Å². The van der Waals surface area contributed by atoms with Crippen molar-refractivity contribution in [3.63, 3.8) is 0 Å². The molecule has 2 heterocycles. The number of aromatic nitrogens is 3. The van der Waals surface area contributed by atoms with Crippen molar-refractivity contribution in [3.8, 4) is 0 Å². The molecule has 0 spiro atoms. The standard InChI is InChI=1S/C15H15ClN4O/c1-2-20-13-6-4-3-5-11(13)19-14(20)9-18-15(21)12-7-10(16)8-17-12/h3-8,17H,2,9H2,1H3,(H,18,21). The number of benzene rings is 1. The number of para-hydroxylation sites is 2. The van der Waals surface area contributed by atoms with E-state index in [-0.39, 0.29) is 5.91 Å². The van der Waals surface area contributed by atoms with Crippen molar-refractivity contribution in [2.45, 2.75) is 20.0 Å². The van der Waals surface area contributed by atoms with Crippen LogP contribution in [0.15, 0.2) is 36.5 Å². The van der Waals surface area contributed by atoms with Crippen LogP contribution in [0.5, 0.6) is 0 Å². The van der Waals surface area contributed by atoms with E-state index in [1.54, 1.807) is 12.3 Å². The summed E-state index contributed by atoms with van der Waals surface area (Å²) in [4.78, 5) is 19.4. The number of nitrogens with one attached hydrogen (secondary N) is 2. The lowest BCUT2D eigenvalue weighted by Gasteiger charge is -2.07. The molecule has 5 nitrogen and oxygen atoms in total. The molecule has 0 radical (unpaired) electrons. The summed E-state index contributed by atoms with van der Waals surface area (Å²) in [5.41, 5.74) is 2.46. The lowest BCUT2D eigenvalue weighted by molar-refractivity contribution is 0.0945. The van der Waals surface area contributed by atoms with E-state index in [1.165, 1.54) is 0 Å². The molecule has 0 atom stereocenters. The lowest BCUT2D eigenvalue weighted by atomic mass is 10.3. The van der Waals surface area contributed by atoms with E-state index in [0.29, 0.717) is 17.3 Å². The molecule has 2 aromatic heterocycles. The van der Waals surface area contributed by atoms with E-state index < -0.39 is 0 Å². The zero-order valence-electron chi connectivity index (χ0n) is 11.6. The average Bonchev–Trinajstić information content (AvgIpc) is 3.07. The SMILES string of the molecule is CCn1c(CNC(=O)c2cc(Cl)c[nH]2)nc2ccccc21. The second kappa shape index (κ2) is 5.61. The maximum atomic E-state index is 12.0. The number of nitrogens with zero attached hydrogens (tertiary/aromatic N) is 2. The van der Waals surface area contributed by atoms with Gasteiger partial charge in [-0.2, -0.15) is 0 Å². The van der Waals surface area contributed by atoms with Crippen molar-refractivity contribution < 1.29 is 4.79 Å². The van der Waals surface area contributed by atoms with E-state index >= 15 is 0 Å². The van der Waals surface area contributed by atoms with Gasteiger partial charge >= 0.3 is 0 Å². The second-order valence-electron chi connectivity index (χ2n) is 4.68. The first-order valence-electron chi connectivity index (χ1n) is 6.75. The minimum absolute atomic E-state index is 0.198. The van der Waals surface area contributed by atoms with Crippen molar-refractivity contribution >= 4 is 28.5 Å². The number of hydrogen-bond acceptors (Lipinski definition) is 2. The molecule has 1 amide bonds. The van der Waals surface area contributed by atoms with Gasteiger partial charge in [-0.25, -0.2) is 4.98 Å². The van der Waals surface area contributed by atoms with Crippen molar-refractivity contribution in [1.29, 1.82) is 0 Å². The summed E-state index contributed by atoms with van der Waals surface area (Å²) in [7, 11) is 0. The molecular weight excluding hydrogens is 288 g/mol. The largest absolute Gasteiger partial charge is 0.356 e. The van der Waals surface area contributed by atoms with Gasteiger partial charge < -0.3 is 14.9 Å². The zero-order chi connectivity index (χ0) is 14.8. The second-order valence-corrected chi connectivity index (χ2v) is 5.11. The fourth-order valence-electron chi connectivity index (χ4n) is 2.37. The highest BCUT2D eigenvalue weighted by Gasteiger charge is 2.12. The average molecular weight is 303 g/mol. The highest BCUT2D eigenvalue weighted by atomic mass is 35.5. The van der Waals surface area contributed by atoms with Crippen molar-refractivity contribution in [1.82, 2.24) is 19.9 Å². The molecule has 1 aromatic carbocycles. The van der Waals surface area contributed by atoms with Gasteiger partial charge in [-0.15, -0.1) is 0 Å². The van der Waals surface area contributed by atoms with Crippen LogP contribution < -0.4 is 5.32 Å². The third-order valence-corrected chi connectivity index (χ3v) is 3.57. The number of halogens is 1. The van der Waals surface area contributed by atoms with Crippen LogP contribution in [0.25, 0.3) is 11.0 Å². The highest BCUT2D eigenvalue weighted by molar-refractivity contribution is 6.30. The molecule has 2 N–H and O–H groups in total. The summed E-state index contributed by atoms with van der Waals surface area (Å²) in [5, 5.41) is 3.37. The molecule has 6 heteroatoms. The summed E-state index contributed by atoms with van der Waals surface area (Å²) in [5.74, 6) is 0.640. The normalized spacial score (nSPS) is 11.0. The Morgan fingerprint density at radius 1 is 1.43 bits per heavy atom. The van der Waals surface area contributed by atoms with Gasteiger partial charge in [-0.05, 0) is 25.1 Å². The minimum Gasteiger partial charge on any atom is -0.356 e. The molecular formula is C15H15ClN4O. The van der Waals surface area contributed by atoms with Crippen LogP contribution in [0.1, 0.15) is 23.2 Å². The summed E-state index contributed by atoms with van der Waals surface area (Å²) in [6, 6.07) is 9.54. The third kappa shape index (κ3) is 2.64. The van der Waals surface area contributed by atoms with Gasteiger partial charge in [-0.1, -0.05) is 23.7 Å². The number of aromatic amines is 1. The van der Waals surface area contributed by atoms with Gasteiger partial charge in [0.05, 0.1) is 22.6 Å². The van der Waals surface area contributed by atoms with Gasteiger partial charge in [0.1, 0.15) is 11.5 Å². The van der Waals surface area contributed by atoms with Crippen LogP contribution in [-0.2, 0) is 13.1 Å². The van der Waals surface area contributed by atoms with Crippen molar-refractivity contribution in [2.75, 3.05) is 0 Å².